The van der Waals surface area contributed by atoms with Crippen LogP contribution < -0.4 is 5.32 Å². The molecule has 32 heavy (non-hydrogen) atoms. The first-order valence-corrected chi connectivity index (χ1v) is 9.79. The number of alkyl halides is 3. The van der Waals surface area contributed by atoms with Gasteiger partial charge in [0.05, 0.1) is 39.5 Å². The third-order valence-corrected chi connectivity index (χ3v) is 5.15. The van der Waals surface area contributed by atoms with Crippen molar-refractivity contribution in [3.05, 3.63) is 76.1 Å². The maximum atomic E-state index is 12.7. The minimum absolute atomic E-state index is 0.0830. The summed E-state index contributed by atoms with van der Waals surface area (Å²) in [5, 5.41) is 7.67. The molecular formula is C21H16ClF3N6O. The molecule has 0 bridgehead atoms. The van der Waals surface area contributed by atoms with Crippen LogP contribution in [0.25, 0.3) is 11.0 Å². The van der Waals surface area contributed by atoms with Crippen LogP contribution in [0.5, 0.6) is 0 Å². The van der Waals surface area contributed by atoms with Crippen molar-refractivity contribution in [1.82, 2.24) is 24.7 Å². The largest absolute Gasteiger partial charge is 0.416 e. The van der Waals surface area contributed by atoms with Gasteiger partial charge in [0.1, 0.15) is 6.33 Å². The minimum Gasteiger partial charge on any atom is -0.322 e. The molecule has 1 aromatic carbocycles. The first kappa shape index (κ1) is 21.7. The predicted octanol–water partition coefficient (Wildman–Crippen LogP) is 4.81. The number of hydrogen-bond donors (Lipinski definition) is 1. The zero-order valence-corrected chi connectivity index (χ0v) is 17.7. The number of halogens is 4. The van der Waals surface area contributed by atoms with Crippen molar-refractivity contribution in [1.29, 1.82) is 0 Å². The van der Waals surface area contributed by atoms with Crippen molar-refractivity contribution < 1.29 is 18.0 Å². The maximum absolute atomic E-state index is 12.7. The monoisotopic (exact) mass is 460 g/mol. The molecule has 0 aliphatic heterocycles. The molecule has 1 amide bonds. The first-order valence-electron chi connectivity index (χ1n) is 9.41. The van der Waals surface area contributed by atoms with E-state index in [4.69, 9.17) is 11.6 Å². The number of rotatable bonds is 4. The predicted molar refractivity (Wildman–Crippen MR) is 113 cm³/mol. The zero-order valence-electron chi connectivity index (χ0n) is 16.9. The number of amides is 1. The summed E-state index contributed by atoms with van der Waals surface area (Å²) >= 11 is 6.51. The van der Waals surface area contributed by atoms with E-state index in [1.165, 1.54) is 24.7 Å². The lowest BCUT2D eigenvalue weighted by molar-refractivity contribution is -0.137. The van der Waals surface area contributed by atoms with Gasteiger partial charge in [-0.3, -0.25) is 4.79 Å². The van der Waals surface area contributed by atoms with Crippen molar-refractivity contribution in [2.24, 2.45) is 0 Å². The normalized spacial score (nSPS) is 11.7. The van der Waals surface area contributed by atoms with Crippen LogP contribution in [0.3, 0.4) is 0 Å². The molecule has 3 aromatic heterocycles. The summed E-state index contributed by atoms with van der Waals surface area (Å²) in [5.41, 5.74) is 2.09. The molecule has 1 N–H and O–H groups in total. The molecule has 164 valence electrons. The van der Waals surface area contributed by atoms with E-state index in [1.807, 2.05) is 13.0 Å². The Morgan fingerprint density at radius 3 is 2.50 bits per heavy atom. The Labute approximate surface area is 185 Å². The van der Waals surface area contributed by atoms with E-state index < -0.39 is 17.6 Å². The van der Waals surface area contributed by atoms with Gasteiger partial charge < -0.3 is 5.32 Å². The van der Waals surface area contributed by atoms with Gasteiger partial charge in [-0.15, -0.1) is 0 Å². The summed E-state index contributed by atoms with van der Waals surface area (Å²) in [6, 6.07) is 5.96. The van der Waals surface area contributed by atoms with Gasteiger partial charge in [0.2, 0.25) is 0 Å². The zero-order chi connectivity index (χ0) is 23.0. The maximum Gasteiger partial charge on any atom is 0.416 e. The Balaban J connectivity index is 1.62. The van der Waals surface area contributed by atoms with Crippen molar-refractivity contribution in [2.75, 3.05) is 5.32 Å². The number of anilines is 1. The number of fused-ring (bicyclic) bond motifs is 1. The highest BCUT2D eigenvalue weighted by Crippen LogP contribution is 2.31. The van der Waals surface area contributed by atoms with Gasteiger partial charge in [0.15, 0.2) is 5.65 Å². The van der Waals surface area contributed by atoms with Gasteiger partial charge in [-0.05, 0) is 44.2 Å². The van der Waals surface area contributed by atoms with E-state index in [9.17, 15) is 18.0 Å². The van der Waals surface area contributed by atoms with Crippen molar-refractivity contribution in [3.63, 3.8) is 0 Å². The second-order valence-corrected chi connectivity index (χ2v) is 7.49. The van der Waals surface area contributed by atoms with E-state index >= 15 is 0 Å². The minimum atomic E-state index is -4.46. The number of pyridine rings is 1. The van der Waals surface area contributed by atoms with E-state index in [0.717, 1.165) is 23.5 Å². The topological polar surface area (TPSA) is 85.6 Å². The van der Waals surface area contributed by atoms with Crippen LogP contribution in [-0.2, 0) is 12.7 Å². The lowest BCUT2D eigenvalue weighted by Crippen LogP contribution is -2.14. The number of benzene rings is 1. The molecule has 0 atom stereocenters. The fourth-order valence-corrected chi connectivity index (χ4v) is 3.59. The van der Waals surface area contributed by atoms with E-state index in [-0.39, 0.29) is 16.3 Å². The quantitative estimate of drug-likeness (QED) is 0.472. The average Bonchev–Trinajstić information content (AvgIpc) is 3.04. The van der Waals surface area contributed by atoms with Crippen LogP contribution >= 0.6 is 11.6 Å². The Hall–Kier alpha value is -3.53. The van der Waals surface area contributed by atoms with Crippen LogP contribution in [0.15, 0.2) is 42.9 Å². The molecule has 0 saturated carbocycles. The molecule has 4 rings (SSSR count). The average molecular weight is 461 g/mol. The summed E-state index contributed by atoms with van der Waals surface area (Å²) < 4.78 is 39.8. The van der Waals surface area contributed by atoms with Gasteiger partial charge >= 0.3 is 6.18 Å². The lowest BCUT2D eigenvalue weighted by Gasteiger charge is -2.10. The fourth-order valence-electron chi connectivity index (χ4n) is 3.23. The van der Waals surface area contributed by atoms with Crippen LogP contribution in [0.4, 0.5) is 18.9 Å². The van der Waals surface area contributed by atoms with E-state index in [0.29, 0.717) is 23.3 Å². The Morgan fingerprint density at radius 2 is 1.84 bits per heavy atom. The van der Waals surface area contributed by atoms with Crippen molar-refractivity contribution in [2.45, 2.75) is 26.6 Å². The molecule has 0 fully saturated rings. The molecule has 7 nitrogen and oxygen atoms in total. The Bertz CT molecular complexity index is 1320. The number of carbonyl (C=O) groups excluding carboxylic acids is 1. The van der Waals surface area contributed by atoms with Gasteiger partial charge in [0, 0.05) is 17.6 Å². The standard InChI is InChI=1S/C21H16ClF3N6O/c1-11-7-15(28-10-27-11)9-31-19-17(12(2)30-31)18(22)16(8-26-19)20(32)29-14-5-3-13(4-6-14)21(23,24)25/h3-8,10H,9H2,1-2H3,(H,29,32). The van der Waals surface area contributed by atoms with E-state index in [2.05, 4.69) is 25.4 Å². The third-order valence-electron chi connectivity index (χ3n) is 4.76. The van der Waals surface area contributed by atoms with Crippen LogP contribution in [0.1, 0.15) is 33.0 Å². The second kappa shape index (κ2) is 8.19. The number of aryl methyl sites for hydroxylation is 2. The summed E-state index contributed by atoms with van der Waals surface area (Å²) in [4.78, 5) is 25.3. The smallest absolute Gasteiger partial charge is 0.322 e. The Kier molecular flexibility index (Phi) is 5.55. The lowest BCUT2D eigenvalue weighted by atomic mass is 10.1. The van der Waals surface area contributed by atoms with Gasteiger partial charge in [-0.25, -0.2) is 19.6 Å². The number of carbonyl (C=O) groups is 1. The molecule has 0 aliphatic rings. The molecule has 4 aromatic rings. The fraction of sp³-hybridized carbons (Fsp3) is 0.190. The molecule has 0 saturated heterocycles. The molecule has 3 heterocycles. The van der Waals surface area contributed by atoms with Gasteiger partial charge in [-0.2, -0.15) is 18.3 Å². The summed E-state index contributed by atoms with van der Waals surface area (Å²) in [7, 11) is 0. The molecule has 11 heteroatoms. The number of nitrogens with zero attached hydrogens (tertiary/aromatic N) is 5. The SMILES string of the molecule is Cc1cc(Cn2nc(C)c3c(Cl)c(C(=O)Nc4ccc(C(F)(F)F)cc4)cnc32)ncn1. The van der Waals surface area contributed by atoms with Crippen molar-refractivity contribution >= 4 is 34.2 Å². The summed E-state index contributed by atoms with van der Waals surface area (Å²) in [5.74, 6) is -0.595. The number of hydrogen-bond acceptors (Lipinski definition) is 5. The molecule has 0 aliphatic carbocycles. The molecule has 0 radical (unpaired) electrons. The first-order chi connectivity index (χ1) is 15.1. The molecule has 0 unspecified atom stereocenters. The highest BCUT2D eigenvalue weighted by molar-refractivity contribution is 6.39. The molecule has 0 spiro atoms. The third kappa shape index (κ3) is 4.26. The van der Waals surface area contributed by atoms with Crippen LogP contribution in [0.2, 0.25) is 5.02 Å². The van der Waals surface area contributed by atoms with E-state index in [1.54, 1.807) is 11.6 Å². The second-order valence-electron chi connectivity index (χ2n) is 7.11. The Morgan fingerprint density at radius 1 is 1.12 bits per heavy atom. The van der Waals surface area contributed by atoms with Gasteiger partial charge in [0.25, 0.3) is 5.91 Å². The van der Waals surface area contributed by atoms with Gasteiger partial charge in [-0.1, -0.05) is 11.6 Å². The highest BCUT2D eigenvalue weighted by Gasteiger charge is 2.30. The number of aromatic nitrogens is 5. The number of nitrogens with one attached hydrogen (secondary N) is 1. The van der Waals surface area contributed by atoms with Crippen LogP contribution in [0, 0.1) is 13.8 Å². The summed E-state index contributed by atoms with van der Waals surface area (Å²) in [6.45, 7) is 3.94. The van der Waals surface area contributed by atoms with Crippen LogP contribution in [-0.4, -0.2) is 30.6 Å². The highest BCUT2D eigenvalue weighted by atomic mass is 35.5. The molecular weight excluding hydrogens is 445 g/mol. The van der Waals surface area contributed by atoms with Crippen molar-refractivity contribution in [3.8, 4) is 0 Å². The summed E-state index contributed by atoms with van der Waals surface area (Å²) in [6.07, 6.45) is -1.68.